The Morgan fingerprint density at radius 1 is 1.00 bits per heavy atom. The van der Waals surface area contributed by atoms with Gasteiger partial charge < -0.3 is 18.9 Å². The number of furan rings is 1. The molecule has 1 N–H and O–H groups in total. The lowest BCUT2D eigenvalue weighted by atomic mass is 10.1. The first-order chi connectivity index (χ1) is 14.2. The number of ether oxygens (including phenoxy) is 1. The van der Waals surface area contributed by atoms with E-state index in [-0.39, 0.29) is 24.2 Å². The van der Waals surface area contributed by atoms with Crippen LogP contribution in [0.25, 0.3) is 11.7 Å². The lowest BCUT2D eigenvalue weighted by molar-refractivity contribution is 0.271. The fraction of sp³-hybridized carbons (Fsp3) is 0.130. The number of benzene rings is 2. The normalized spacial score (nSPS) is 11.6. The van der Waals surface area contributed by atoms with Crippen LogP contribution in [0.3, 0.4) is 0 Å². The monoisotopic (exact) mass is 385 g/mol. The molecule has 2 aromatic heterocycles. The van der Waals surface area contributed by atoms with Crippen LogP contribution in [0.15, 0.2) is 81.6 Å². The molecule has 0 unspecified atom stereocenters. The molecule has 4 aromatic rings. The van der Waals surface area contributed by atoms with Crippen molar-refractivity contribution in [2.45, 2.75) is 19.6 Å². The Hall–Kier alpha value is -3.98. The summed E-state index contributed by atoms with van der Waals surface area (Å²) < 4.78 is 17.2. The maximum absolute atomic E-state index is 9.41. The van der Waals surface area contributed by atoms with Crippen molar-refractivity contribution in [3.63, 3.8) is 0 Å². The zero-order valence-electron chi connectivity index (χ0n) is 15.8. The molecule has 0 saturated carbocycles. The third-order valence-corrected chi connectivity index (χ3v) is 4.38. The minimum atomic E-state index is -0.0458. The molecule has 0 saturated heterocycles. The molecular formula is C23H19N3O3. The van der Waals surface area contributed by atoms with E-state index < -0.39 is 0 Å². The Labute approximate surface area is 168 Å². The summed E-state index contributed by atoms with van der Waals surface area (Å²) in [5.41, 5.74) is 1.26. The largest absolute Gasteiger partial charge is 0.486 e. The minimum Gasteiger partial charge on any atom is -0.486 e. The van der Waals surface area contributed by atoms with Crippen LogP contribution in [0.5, 0.6) is 5.75 Å². The van der Waals surface area contributed by atoms with Crippen LogP contribution in [0.4, 0.5) is 5.88 Å². The number of nitrogens with zero attached hydrogens (tertiary/aromatic N) is 2. The van der Waals surface area contributed by atoms with Crippen LogP contribution in [0.2, 0.25) is 0 Å². The van der Waals surface area contributed by atoms with Crippen molar-refractivity contribution < 1.29 is 13.6 Å². The molecule has 0 aliphatic heterocycles. The van der Waals surface area contributed by atoms with E-state index in [9.17, 15) is 5.26 Å². The minimum absolute atomic E-state index is 0.0458. The van der Waals surface area contributed by atoms with Crippen molar-refractivity contribution in [3.05, 3.63) is 89.8 Å². The predicted molar refractivity (Wildman–Crippen MR) is 108 cm³/mol. The average molecular weight is 385 g/mol. The van der Waals surface area contributed by atoms with Crippen LogP contribution in [-0.2, 0) is 6.61 Å². The molecule has 2 aromatic carbocycles. The van der Waals surface area contributed by atoms with Gasteiger partial charge in [0.25, 0.3) is 5.89 Å². The van der Waals surface area contributed by atoms with Crippen LogP contribution >= 0.6 is 0 Å². The van der Waals surface area contributed by atoms with Crippen LogP contribution < -0.4 is 10.1 Å². The molecule has 6 nitrogen and oxygen atoms in total. The Kier molecular flexibility index (Phi) is 5.30. The lowest BCUT2D eigenvalue weighted by Crippen LogP contribution is -2.06. The van der Waals surface area contributed by atoms with E-state index in [4.69, 9.17) is 13.6 Å². The first-order valence-corrected chi connectivity index (χ1v) is 9.22. The molecule has 144 valence electrons. The van der Waals surface area contributed by atoms with Crippen molar-refractivity contribution >= 4 is 5.88 Å². The summed E-state index contributed by atoms with van der Waals surface area (Å²) in [7, 11) is 0. The molecule has 29 heavy (non-hydrogen) atoms. The summed E-state index contributed by atoms with van der Waals surface area (Å²) >= 11 is 0. The predicted octanol–water partition coefficient (Wildman–Crippen LogP) is 5.56. The number of nitrogens with one attached hydrogen (secondary N) is 1. The van der Waals surface area contributed by atoms with E-state index in [1.165, 1.54) is 0 Å². The van der Waals surface area contributed by atoms with Gasteiger partial charge in [-0.3, -0.25) is 0 Å². The summed E-state index contributed by atoms with van der Waals surface area (Å²) in [6, 6.07) is 25.0. The van der Waals surface area contributed by atoms with E-state index in [1.807, 2.05) is 67.6 Å². The highest BCUT2D eigenvalue weighted by Gasteiger charge is 2.19. The second-order valence-corrected chi connectivity index (χ2v) is 6.45. The van der Waals surface area contributed by atoms with Crippen LogP contribution in [-0.4, -0.2) is 4.98 Å². The molecule has 2 heterocycles. The molecule has 0 aliphatic carbocycles. The smallest absolute Gasteiger partial charge is 0.266 e. The second kappa shape index (κ2) is 8.36. The maximum atomic E-state index is 9.41. The number of anilines is 1. The van der Waals surface area contributed by atoms with Gasteiger partial charge in [0.05, 0.1) is 6.04 Å². The Balaban J connectivity index is 1.48. The Morgan fingerprint density at radius 3 is 2.45 bits per heavy atom. The van der Waals surface area contributed by atoms with Gasteiger partial charge in [0.2, 0.25) is 11.6 Å². The van der Waals surface area contributed by atoms with Crippen molar-refractivity contribution in [1.82, 2.24) is 4.98 Å². The van der Waals surface area contributed by atoms with Gasteiger partial charge in [-0.2, -0.15) is 10.2 Å². The lowest BCUT2D eigenvalue weighted by Gasteiger charge is -2.12. The number of aromatic nitrogens is 1. The number of oxazole rings is 1. The van der Waals surface area contributed by atoms with Gasteiger partial charge >= 0.3 is 0 Å². The molecular weight excluding hydrogens is 366 g/mol. The van der Waals surface area contributed by atoms with E-state index in [1.54, 1.807) is 12.1 Å². The molecule has 0 aliphatic rings. The second-order valence-electron chi connectivity index (χ2n) is 6.45. The van der Waals surface area contributed by atoms with Gasteiger partial charge in [-0.1, -0.05) is 48.5 Å². The van der Waals surface area contributed by atoms with Crippen molar-refractivity contribution in [1.29, 1.82) is 5.26 Å². The van der Waals surface area contributed by atoms with E-state index in [0.29, 0.717) is 17.4 Å². The number of rotatable bonds is 7. The van der Waals surface area contributed by atoms with Gasteiger partial charge in [-0.05, 0) is 36.8 Å². The molecule has 0 radical (unpaired) electrons. The van der Waals surface area contributed by atoms with Gasteiger partial charge in [-0.15, -0.1) is 0 Å². The molecule has 0 spiro atoms. The molecule has 1 atom stereocenters. The summed E-state index contributed by atoms with van der Waals surface area (Å²) in [6.07, 6.45) is 0. The van der Waals surface area contributed by atoms with Gasteiger partial charge in [0.15, 0.2) is 5.76 Å². The highest BCUT2D eigenvalue weighted by atomic mass is 16.5. The quantitative estimate of drug-likeness (QED) is 0.448. The molecule has 6 heteroatoms. The summed E-state index contributed by atoms with van der Waals surface area (Å²) in [6.45, 7) is 2.27. The summed E-state index contributed by atoms with van der Waals surface area (Å²) in [5.74, 6) is 2.39. The third kappa shape index (κ3) is 4.30. The fourth-order valence-corrected chi connectivity index (χ4v) is 2.86. The van der Waals surface area contributed by atoms with E-state index in [2.05, 4.69) is 16.4 Å². The van der Waals surface area contributed by atoms with Crippen LogP contribution in [0.1, 0.15) is 30.0 Å². The first-order valence-electron chi connectivity index (χ1n) is 9.22. The molecule has 0 fully saturated rings. The highest BCUT2D eigenvalue weighted by molar-refractivity contribution is 5.55. The molecule has 0 amide bonds. The highest BCUT2D eigenvalue weighted by Crippen LogP contribution is 2.29. The fourth-order valence-electron chi connectivity index (χ4n) is 2.86. The van der Waals surface area contributed by atoms with Crippen molar-refractivity contribution in [2.75, 3.05) is 5.32 Å². The van der Waals surface area contributed by atoms with E-state index >= 15 is 0 Å². The number of hydrogen-bond acceptors (Lipinski definition) is 6. The Bertz CT molecular complexity index is 1110. The maximum Gasteiger partial charge on any atom is 0.266 e. The molecule has 4 rings (SSSR count). The van der Waals surface area contributed by atoms with Gasteiger partial charge in [-0.25, -0.2) is 0 Å². The van der Waals surface area contributed by atoms with Gasteiger partial charge in [0.1, 0.15) is 24.2 Å². The summed E-state index contributed by atoms with van der Waals surface area (Å²) in [4.78, 5) is 4.25. The Morgan fingerprint density at radius 2 is 1.72 bits per heavy atom. The zero-order valence-corrected chi connectivity index (χ0v) is 15.8. The van der Waals surface area contributed by atoms with Crippen molar-refractivity contribution in [2.24, 2.45) is 0 Å². The number of nitriles is 1. The first kappa shape index (κ1) is 18.4. The topological polar surface area (TPSA) is 84.2 Å². The molecule has 0 bridgehead atoms. The zero-order chi connectivity index (χ0) is 20.1. The van der Waals surface area contributed by atoms with Gasteiger partial charge in [0, 0.05) is 0 Å². The average Bonchev–Trinajstić information content (AvgIpc) is 3.40. The standard InChI is InChI=1S/C23H19N3O3/c1-16(17-8-4-2-5-9-17)25-22-20(14-24)26-23(29-22)21-13-12-19(28-21)15-27-18-10-6-3-7-11-18/h2-13,16,25H,15H2,1H3/t16-/m0/s1. The third-order valence-electron chi connectivity index (χ3n) is 4.38. The van der Waals surface area contributed by atoms with E-state index in [0.717, 1.165) is 11.3 Å². The van der Waals surface area contributed by atoms with Crippen molar-refractivity contribution in [3.8, 4) is 23.5 Å². The van der Waals surface area contributed by atoms with Crippen LogP contribution in [0, 0.1) is 11.3 Å². The summed E-state index contributed by atoms with van der Waals surface area (Å²) in [5, 5.41) is 12.6. The number of hydrogen-bond donors (Lipinski definition) is 1. The SMILES string of the molecule is C[C@H](Nc1oc(-c2ccc(COc3ccccc3)o2)nc1C#N)c1ccccc1. The number of para-hydroxylation sites is 1.